The summed E-state index contributed by atoms with van der Waals surface area (Å²) in [5.41, 5.74) is 6.91. The summed E-state index contributed by atoms with van der Waals surface area (Å²) < 4.78 is 5.52. The number of hydrogen-bond donors (Lipinski definition) is 0. The molecule has 2 amide bonds. The van der Waals surface area contributed by atoms with Gasteiger partial charge in [0.15, 0.2) is 0 Å². The first-order valence-corrected chi connectivity index (χ1v) is 9.81. The Morgan fingerprint density at radius 3 is 2.04 bits per heavy atom. The number of carbonyl (C=O) groups excluding carboxylic acids is 1. The van der Waals surface area contributed by atoms with Crippen LogP contribution in [0.5, 0.6) is 5.75 Å². The lowest BCUT2D eigenvalue weighted by molar-refractivity contribution is 0.202. The van der Waals surface area contributed by atoms with Gasteiger partial charge in [-0.15, -0.1) is 0 Å². The highest BCUT2D eigenvalue weighted by Gasteiger charge is 2.26. The van der Waals surface area contributed by atoms with E-state index in [0.717, 1.165) is 35.7 Å². The van der Waals surface area contributed by atoms with Crippen LogP contribution >= 0.6 is 0 Å². The molecule has 1 aliphatic heterocycles. The van der Waals surface area contributed by atoms with E-state index in [1.807, 2.05) is 24.1 Å². The smallest absolute Gasteiger partial charge is 0.324 e. The Morgan fingerprint density at radius 2 is 1.46 bits per heavy atom. The standard InChI is InChI=1S/C23H31N3O2/c1-16-11-17(2)13-20(12-16)25-7-9-26(10-8-25)23(27)24(5)21-14-18(3)19(4)15-22(21)28-6/h11-15H,7-10H2,1-6H3. The van der Waals surface area contributed by atoms with Crippen LogP contribution in [0.3, 0.4) is 0 Å². The molecule has 150 valence electrons. The van der Waals surface area contributed by atoms with E-state index >= 15 is 0 Å². The number of hydrogen-bond acceptors (Lipinski definition) is 3. The molecule has 0 radical (unpaired) electrons. The first kappa shape index (κ1) is 20.1. The minimum atomic E-state index is 0.0154. The predicted molar refractivity (Wildman–Crippen MR) is 116 cm³/mol. The maximum Gasteiger partial charge on any atom is 0.324 e. The predicted octanol–water partition coefficient (Wildman–Crippen LogP) is 4.31. The summed E-state index contributed by atoms with van der Waals surface area (Å²) in [6, 6.07) is 10.7. The van der Waals surface area contributed by atoms with E-state index in [2.05, 4.69) is 50.8 Å². The third-order valence-electron chi connectivity index (χ3n) is 5.57. The van der Waals surface area contributed by atoms with Gasteiger partial charge in [-0.25, -0.2) is 4.79 Å². The number of urea groups is 1. The average Bonchev–Trinajstić information content (AvgIpc) is 2.68. The fourth-order valence-corrected chi connectivity index (χ4v) is 3.80. The first-order chi connectivity index (χ1) is 13.3. The molecule has 0 saturated carbocycles. The van der Waals surface area contributed by atoms with Crippen molar-refractivity contribution in [1.82, 2.24) is 4.90 Å². The highest BCUT2D eigenvalue weighted by atomic mass is 16.5. The normalized spacial score (nSPS) is 14.2. The van der Waals surface area contributed by atoms with Gasteiger partial charge >= 0.3 is 6.03 Å². The van der Waals surface area contributed by atoms with Gasteiger partial charge in [0.25, 0.3) is 0 Å². The third-order valence-corrected chi connectivity index (χ3v) is 5.57. The van der Waals surface area contributed by atoms with Crippen LogP contribution in [0, 0.1) is 27.7 Å². The van der Waals surface area contributed by atoms with E-state index in [4.69, 9.17) is 4.74 Å². The van der Waals surface area contributed by atoms with Gasteiger partial charge in [-0.05, 0) is 74.2 Å². The Balaban J connectivity index is 1.70. The van der Waals surface area contributed by atoms with Crippen molar-refractivity contribution in [3.63, 3.8) is 0 Å². The van der Waals surface area contributed by atoms with Gasteiger partial charge < -0.3 is 14.5 Å². The van der Waals surface area contributed by atoms with Crippen molar-refractivity contribution < 1.29 is 9.53 Å². The van der Waals surface area contributed by atoms with Crippen molar-refractivity contribution in [2.24, 2.45) is 0 Å². The lowest BCUT2D eigenvalue weighted by Crippen LogP contribution is -2.52. The Morgan fingerprint density at radius 1 is 0.893 bits per heavy atom. The molecule has 2 aromatic carbocycles. The summed E-state index contributed by atoms with van der Waals surface area (Å²) in [6.07, 6.45) is 0. The number of ether oxygens (including phenoxy) is 1. The van der Waals surface area contributed by atoms with E-state index in [1.165, 1.54) is 16.8 Å². The summed E-state index contributed by atoms with van der Waals surface area (Å²) in [6.45, 7) is 11.5. The maximum absolute atomic E-state index is 13.1. The molecule has 0 aromatic heterocycles. The maximum atomic E-state index is 13.1. The van der Waals surface area contributed by atoms with Crippen LogP contribution in [0.2, 0.25) is 0 Å². The molecule has 1 aliphatic rings. The fourth-order valence-electron chi connectivity index (χ4n) is 3.80. The van der Waals surface area contributed by atoms with Crippen molar-refractivity contribution >= 4 is 17.4 Å². The molecule has 0 aliphatic carbocycles. The lowest BCUT2D eigenvalue weighted by Gasteiger charge is -2.38. The van der Waals surface area contributed by atoms with E-state index < -0.39 is 0 Å². The molecule has 0 unspecified atom stereocenters. The van der Waals surface area contributed by atoms with Crippen LogP contribution in [0.1, 0.15) is 22.3 Å². The van der Waals surface area contributed by atoms with E-state index in [-0.39, 0.29) is 6.03 Å². The summed E-state index contributed by atoms with van der Waals surface area (Å²) in [5.74, 6) is 0.729. The number of rotatable bonds is 3. The van der Waals surface area contributed by atoms with E-state index in [9.17, 15) is 4.79 Å². The second-order valence-corrected chi connectivity index (χ2v) is 7.77. The third kappa shape index (κ3) is 4.08. The molecule has 0 spiro atoms. The van der Waals surface area contributed by atoms with Crippen LogP contribution < -0.4 is 14.5 Å². The Bertz CT molecular complexity index is 850. The zero-order valence-corrected chi connectivity index (χ0v) is 17.9. The highest BCUT2D eigenvalue weighted by molar-refractivity contribution is 5.93. The molecule has 1 heterocycles. The second-order valence-electron chi connectivity index (χ2n) is 7.77. The van der Waals surface area contributed by atoms with Gasteiger partial charge in [0.1, 0.15) is 5.75 Å². The van der Waals surface area contributed by atoms with Crippen molar-refractivity contribution in [2.45, 2.75) is 27.7 Å². The number of aryl methyl sites for hydroxylation is 4. The first-order valence-electron chi connectivity index (χ1n) is 9.81. The van der Waals surface area contributed by atoms with Gasteiger partial charge in [0.2, 0.25) is 0 Å². The van der Waals surface area contributed by atoms with Crippen LogP contribution in [-0.4, -0.2) is 51.3 Å². The number of methoxy groups -OCH3 is 1. The number of anilines is 2. The number of amides is 2. The molecule has 5 heteroatoms. The largest absolute Gasteiger partial charge is 0.495 e. The molecular weight excluding hydrogens is 350 g/mol. The Kier molecular flexibility index (Phi) is 5.82. The topological polar surface area (TPSA) is 36.0 Å². The summed E-state index contributed by atoms with van der Waals surface area (Å²) in [7, 11) is 3.47. The zero-order valence-electron chi connectivity index (χ0n) is 17.9. The van der Waals surface area contributed by atoms with Crippen LogP contribution in [0.15, 0.2) is 30.3 Å². The molecule has 0 atom stereocenters. The molecule has 1 saturated heterocycles. The highest BCUT2D eigenvalue weighted by Crippen LogP contribution is 2.31. The number of benzene rings is 2. The zero-order chi connectivity index (χ0) is 20.4. The van der Waals surface area contributed by atoms with Gasteiger partial charge in [-0.3, -0.25) is 4.90 Å². The molecule has 28 heavy (non-hydrogen) atoms. The summed E-state index contributed by atoms with van der Waals surface area (Å²) in [4.78, 5) is 19.1. The molecular formula is C23H31N3O2. The molecule has 2 aromatic rings. The van der Waals surface area contributed by atoms with Crippen molar-refractivity contribution in [2.75, 3.05) is 50.1 Å². The Labute approximate surface area is 168 Å². The van der Waals surface area contributed by atoms with Crippen LogP contribution in [-0.2, 0) is 0 Å². The van der Waals surface area contributed by atoms with Gasteiger partial charge in [-0.1, -0.05) is 6.07 Å². The SMILES string of the molecule is COc1cc(C)c(C)cc1N(C)C(=O)N1CCN(c2cc(C)cc(C)c2)CC1. The number of carbonyl (C=O) groups is 1. The quantitative estimate of drug-likeness (QED) is 0.795. The van der Waals surface area contributed by atoms with Crippen molar-refractivity contribution in [3.8, 4) is 5.75 Å². The van der Waals surface area contributed by atoms with Crippen molar-refractivity contribution in [1.29, 1.82) is 0 Å². The van der Waals surface area contributed by atoms with E-state index in [1.54, 1.807) is 12.0 Å². The summed E-state index contributed by atoms with van der Waals surface area (Å²) in [5, 5.41) is 0. The fraction of sp³-hybridized carbons (Fsp3) is 0.435. The monoisotopic (exact) mass is 381 g/mol. The molecule has 1 fully saturated rings. The second kappa shape index (κ2) is 8.13. The summed E-state index contributed by atoms with van der Waals surface area (Å²) >= 11 is 0. The van der Waals surface area contributed by atoms with E-state index in [0.29, 0.717) is 13.1 Å². The number of nitrogens with zero attached hydrogens (tertiary/aromatic N) is 3. The molecule has 0 bridgehead atoms. The average molecular weight is 382 g/mol. The molecule has 0 N–H and O–H groups in total. The van der Waals surface area contributed by atoms with Gasteiger partial charge in [0.05, 0.1) is 12.8 Å². The lowest BCUT2D eigenvalue weighted by atomic mass is 10.1. The van der Waals surface area contributed by atoms with Crippen LogP contribution in [0.25, 0.3) is 0 Å². The minimum absolute atomic E-state index is 0.0154. The van der Waals surface area contributed by atoms with Gasteiger partial charge in [-0.2, -0.15) is 0 Å². The Hall–Kier alpha value is -2.69. The van der Waals surface area contributed by atoms with Crippen LogP contribution in [0.4, 0.5) is 16.2 Å². The van der Waals surface area contributed by atoms with Gasteiger partial charge in [0, 0.05) is 38.9 Å². The minimum Gasteiger partial charge on any atom is -0.495 e. The molecule has 3 rings (SSSR count). The van der Waals surface area contributed by atoms with Crippen molar-refractivity contribution in [3.05, 3.63) is 52.6 Å². The number of piperazine rings is 1. The molecule has 5 nitrogen and oxygen atoms in total.